The Morgan fingerprint density at radius 1 is 1.58 bits per heavy atom. The molecule has 6 heteroatoms. The highest BCUT2D eigenvalue weighted by Crippen LogP contribution is 2.13. The summed E-state index contributed by atoms with van der Waals surface area (Å²) in [6.07, 6.45) is 1.69. The number of rotatable bonds is 5. The zero-order valence-electron chi connectivity index (χ0n) is 11.2. The first-order valence-electron chi connectivity index (χ1n) is 6.02. The van der Waals surface area contributed by atoms with Gasteiger partial charge in [-0.1, -0.05) is 0 Å². The van der Waals surface area contributed by atoms with Gasteiger partial charge >= 0.3 is 5.97 Å². The van der Waals surface area contributed by atoms with Gasteiger partial charge in [-0.25, -0.2) is 9.78 Å². The van der Waals surface area contributed by atoms with Gasteiger partial charge in [0.25, 0.3) is 0 Å². The van der Waals surface area contributed by atoms with E-state index < -0.39 is 0 Å². The molecule has 2 heterocycles. The Balaban J connectivity index is 1.91. The van der Waals surface area contributed by atoms with E-state index in [0.717, 1.165) is 11.5 Å². The minimum Gasteiger partial charge on any atom is -0.464 e. The first-order chi connectivity index (χ1) is 9.10. The van der Waals surface area contributed by atoms with E-state index in [2.05, 4.69) is 20.0 Å². The maximum absolute atomic E-state index is 11.3. The standard InChI is InChI=1S/C13H17N3O3/c1-8-6-15-12(19-8)9(2)14-7-10-4-5-11(16-10)13(17)18-3/h4-6,9,14,16H,7H2,1-3H3. The molecule has 1 atom stereocenters. The molecule has 102 valence electrons. The fourth-order valence-corrected chi connectivity index (χ4v) is 1.70. The lowest BCUT2D eigenvalue weighted by Crippen LogP contribution is -2.18. The van der Waals surface area contributed by atoms with E-state index in [9.17, 15) is 4.79 Å². The zero-order valence-corrected chi connectivity index (χ0v) is 11.2. The normalized spacial score (nSPS) is 12.4. The molecule has 0 aromatic carbocycles. The Kier molecular flexibility index (Phi) is 4.01. The van der Waals surface area contributed by atoms with Gasteiger partial charge < -0.3 is 19.5 Å². The molecule has 6 nitrogen and oxygen atoms in total. The first-order valence-corrected chi connectivity index (χ1v) is 6.02. The Bertz CT molecular complexity index is 559. The summed E-state index contributed by atoms with van der Waals surface area (Å²) >= 11 is 0. The van der Waals surface area contributed by atoms with Crippen molar-refractivity contribution in [1.82, 2.24) is 15.3 Å². The van der Waals surface area contributed by atoms with Gasteiger partial charge in [-0.15, -0.1) is 0 Å². The molecule has 0 aliphatic heterocycles. The first kappa shape index (κ1) is 13.4. The Morgan fingerprint density at radius 2 is 2.37 bits per heavy atom. The van der Waals surface area contributed by atoms with Crippen LogP contribution in [0.25, 0.3) is 0 Å². The lowest BCUT2D eigenvalue weighted by atomic mass is 10.3. The number of methoxy groups -OCH3 is 1. The molecule has 0 amide bonds. The summed E-state index contributed by atoms with van der Waals surface area (Å²) in [6, 6.07) is 3.54. The number of ether oxygens (including phenoxy) is 1. The van der Waals surface area contributed by atoms with Crippen LogP contribution in [0.1, 0.15) is 40.8 Å². The molecule has 1 unspecified atom stereocenters. The summed E-state index contributed by atoms with van der Waals surface area (Å²) in [5, 5.41) is 3.26. The molecule has 0 aliphatic carbocycles. The van der Waals surface area contributed by atoms with E-state index in [1.54, 1.807) is 12.3 Å². The van der Waals surface area contributed by atoms with E-state index in [1.165, 1.54) is 7.11 Å². The summed E-state index contributed by atoms with van der Waals surface area (Å²) in [6.45, 7) is 4.41. The fraction of sp³-hybridized carbons (Fsp3) is 0.385. The molecular formula is C13H17N3O3. The van der Waals surface area contributed by atoms with Crippen LogP contribution in [-0.2, 0) is 11.3 Å². The van der Waals surface area contributed by atoms with Gasteiger partial charge in [0.15, 0.2) is 0 Å². The number of aryl methyl sites for hydroxylation is 1. The highest BCUT2D eigenvalue weighted by atomic mass is 16.5. The molecule has 2 rings (SSSR count). The second-order valence-electron chi connectivity index (χ2n) is 4.30. The Morgan fingerprint density at radius 3 is 3.00 bits per heavy atom. The number of carbonyl (C=O) groups is 1. The monoisotopic (exact) mass is 263 g/mol. The van der Waals surface area contributed by atoms with Crippen molar-refractivity contribution in [2.45, 2.75) is 26.4 Å². The number of aromatic nitrogens is 2. The lowest BCUT2D eigenvalue weighted by molar-refractivity contribution is 0.0594. The number of nitrogens with zero attached hydrogens (tertiary/aromatic N) is 1. The third-order valence-electron chi connectivity index (χ3n) is 2.76. The maximum atomic E-state index is 11.3. The van der Waals surface area contributed by atoms with Crippen molar-refractivity contribution in [2.75, 3.05) is 7.11 Å². The highest BCUT2D eigenvalue weighted by molar-refractivity contribution is 5.87. The summed E-state index contributed by atoms with van der Waals surface area (Å²) in [5.74, 6) is 1.07. The number of hydrogen-bond acceptors (Lipinski definition) is 5. The van der Waals surface area contributed by atoms with E-state index in [-0.39, 0.29) is 12.0 Å². The lowest BCUT2D eigenvalue weighted by Gasteiger charge is -2.09. The molecule has 0 fully saturated rings. The minimum absolute atomic E-state index is 0.00132. The van der Waals surface area contributed by atoms with Gasteiger partial charge in [0.1, 0.15) is 11.5 Å². The summed E-state index contributed by atoms with van der Waals surface area (Å²) in [5.41, 5.74) is 1.34. The number of oxazole rings is 1. The van der Waals surface area contributed by atoms with Crippen molar-refractivity contribution in [3.63, 3.8) is 0 Å². The summed E-state index contributed by atoms with van der Waals surface area (Å²) in [7, 11) is 1.36. The van der Waals surface area contributed by atoms with Crippen molar-refractivity contribution >= 4 is 5.97 Å². The molecule has 0 saturated carbocycles. The Hall–Kier alpha value is -2.08. The van der Waals surface area contributed by atoms with Crippen LogP contribution in [0.2, 0.25) is 0 Å². The van der Waals surface area contributed by atoms with Crippen molar-refractivity contribution in [2.24, 2.45) is 0 Å². The molecule has 0 saturated heterocycles. The van der Waals surface area contributed by atoms with Gasteiger partial charge in [0, 0.05) is 12.2 Å². The van der Waals surface area contributed by atoms with Gasteiger partial charge in [0.05, 0.1) is 19.3 Å². The van der Waals surface area contributed by atoms with Crippen LogP contribution in [0, 0.1) is 6.92 Å². The minimum atomic E-state index is -0.373. The van der Waals surface area contributed by atoms with Crippen molar-refractivity contribution < 1.29 is 13.9 Å². The molecule has 0 spiro atoms. The topological polar surface area (TPSA) is 80.2 Å². The second kappa shape index (κ2) is 5.71. The quantitative estimate of drug-likeness (QED) is 0.806. The Labute approximate surface area is 111 Å². The molecule has 19 heavy (non-hydrogen) atoms. The van der Waals surface area contributed by atoms with Gasteiger partial charge in [-0.05, 0) is 26.0 Å². The number of nitrogens with one attached hydrogen (secondary N) is 2. The van der Waals surface area contributed by atoms with Crippen LogP contribution in [-0.4, -0.2) is 23.0 Å². The molecule has 0 aliphatic rings. The van der Waals surface area contributed by atoms with Crippen molar-refractivity contribution in [1.29, 1.82) is 0 Å². The average Bonchev–Trinajstić information content (AvgIpc) is 3.04. The number of esters is 1. The van der Waals surface area contributed by atoms with Crippen LogP contribution < -0.4 is 5.32 Å². The van der Waals surface area contributed by atoms with Crippen LogP contribution in [0.5, 0.6) is 0 Å². The molecule has 0 bridgehead atoms. The average molecular weight is 263 g/mol. The molecule has 2 aromatic heterocycles. The van der Waals surface area contributed by atoms with Crippen LogP contribution in [0.3, 0.4) is 0 Å². The molecule has 2 N–H and O–H groups in total. The van der Waals surface area contributed by atoms with Crippen molar-refractivity contribution in [3.05, 3.63) is 41.4 Å². The number of H-pyrrole nitrogens is 1. The number of aromatic amines is 1. The molecule has 2 aromatic rings. The highest BCUT2D eigenvalue weighted by Gasteiger charge is 2.12. The maximum Gasteiger partial charge on any atom is 0.354 e. The number of carbonyl (C=O) groups excluding carboxylic acids is 1. The van der Waals surface area contributed by atoms with Crippen molar-refractivity contribution in [3.8, 4) is 0 Å². The molecular weight excluding hydrogens is 246 g/mol. The van der Waals surface area contributed by atoms with E-state index in [0.29, 0.717) is 18.1 Å². The largest absolute Gasteiger partial charge is 0.464 e. The third-order valence-corrected chi connectivity index (χ3v) is 2.76. The van der Waals surface area contributed by atoms with Crippen LogP contribution >= 0.6 is 0 Å². The zero-order chi connectivity index (χ0) is 13.8. The van der Waals surface area contributed by atoms with Gasteiger partial charge in [-0.2, -0.15) is 0 Å². The third kappa shape index (κ3) is 3.23. The summed E-state index contributed by atoms with van der Waals surface area (Å²) in [4.78, 5) is 18.4. The van der Waals surface area contributed by atoms with Crippen LogP contribution in [0.15, 0.2) is 22.7 Å². The summed E-state index contributed by atoms with van der Waals surface area (Å²) < 4.78 is 10.1. The number of hydrogen-bond donors (Lipinski definition) is 2. The van der Waals surface area contributed by atoms with E-state index >= 15 is 0 Å². The smallest absolute Gasteiger partial charge is 0.354 e. The van der Waals surface area contributed by atoms with E-state index in [1.807, 2.05) is 19.9 Å². The second-order valence-corrected chi connectivity index (χ2v) is 4.30. The predicted molar refractivity (Wildman–Crippen MR) is 68.6 cm³/mol. The van der Waals surface area contributed by atoms with Crippen LogP contribution in [0.4, 0.5) is 0 Å². The van der Waals surface area contributed by atoms with Gasteiger partial charge in [0.2, 0.25) is 5.89 Å². The SMILES string of the molecule is COC(=O)c1ccc(CNC(C)c2ncc(C)o2)[nH]1. The van der Waals surface area contributed by atoms with E-state index in [4.69, 9.17) is 4.42 Å². The fourth-order valence-electron chi connectivity index (χ4n) is 1.70. The predicted octanol–water partition coefficient (Wildman–Crippen LogP) is 1.95. The molecule has 0 radical (unpaired) electrons. The van der Waals surface area contributed by atoms with Gasteiger partial charge in [-0.3, -0.25) is 0 Å².